The Hall–Kier alpha value is -3.39. The Labute approximate surface area is 263 Å². The molecule has 11 nitrogen and oxygen atoms in total. The minimum atomic E-state index is -0.370. The Morgan fingerprint density at radius 2 is 0.955 bits per heavy atom. The zero-order chi connectivity index (χ0) is 30.9. The number of urea groups is 1. The third-order valence-corrected chi connectivity index (χ3v) is 13.1. The van der Waals surface area contributed by atoms with Gasteiger partial charge in [-0.2, -0.15) is 0 Å². The number of rotatable bonds is 4. The summed E-state index contributed by atoms with van der Waals surface area (Å²) in [6.45, 7) is 9.22. The highest BCUT2D eigenvalue weighted by Gasteiger charge is 2.63. The molecule has 4 saturated heterocycles. The lowest BCUT2D eigenvalue weighted by Gasteiger charge is -2.49. The van der Waals surface area contributed by atoms with Gasteiger partial charge in [0, 0.05) is 22.6 Å². The van der Waals surface area contributed by atoms with Gasteiger partial charge in [-0.3, -0.25) is 38.8 Å². The predicted molar refractivity (Wildman–Crippen MR) is 165 cm³/mol. The molecule has 0 aliphatic carbocycles. The van der Waals surface area contributed by atoms with Gasteiger partial charge in [0.1, 0.15) is 0 Å². The van der Waals surface area contributed by atoms with Gasteiger partial charge in [-0.25, -0.2) is 4.79 Å². The number of nitrogens with one attached hydrogen (secondary N) is 2. The molecular formula is C31H32N6O5S2. The van der Waals surface area contributed by atoms with Crippen molar-refractivity contribution in [3.8, 4) is 0 Å². The molecular weight excluding hydrogens is 601 g/mol. The number of hydrogen-bond donors (Lipinski definition) is 2. The Morgan fingerprint density at radius 3 is 1.27 bits per heavy atom. The molecule has 2 N–H and O–H groups in total. The molecule has 13 heteroatoms. The smallest absolute Gasteiger partial charge is 0.317 e. The summed E-state index contributed by atoms with van der Waals surface area (Å²) in [5.74, 6) is -1.03. The Balaban J connectivity index is 0.930. The molecule has 6 atom stereocenters. The van der Waals surface area contributed by atoms with E-state index in [-0.39, 0.29) is 74.3 Å². The van der Waals surface area contributed by atoms with Gasteiger partial charge in [0.05, 0.1) is 57.4 Å². The number of benzene rings is 2. The lowest BCUT2D eigenvalue weighted by Crippen LogP contribution is -2.71. The maximum Gasteiger partial charge on any atom is 0.317 e. The molecule has 2 aromatic carbocycles. The fourth-order valence-corrected chi connectivity index (χ4v) is 10.9. The summed E-state index contributed by atoms with van der Waals surface area (Å²) in [7, 11) is 0. The second-order valence-corrected chi connectivity index (χ2v) is 16.8. The first-order valence-electron chi connectivity index (χ1n) is 14.8. The minimum absolute atomic E-state index is 0.115. The number of amides is 6. The standard InChI is InChI=1S/C31H32N6O5S2/c1-30(2)27(34-13-19(25(34)43-30)36-21(38)15-9-5-6-10-16(15)22(36)39)32-29(42)33-28-31(3,4)44-26-20(14-35(26)28)37-23(40)17-11-7-8-12-18(17)24(37)41/h5-12,19-20,25-28H,13-14H2,1-4H3,(H2,32,33,42)/t19-,20-,25-,26-,27-,28-/m1/s1. The van der Waals surface area contributed by atoms with E-state index in [2.05, 4.69) is 48.1 Å². The quantitative estimate of drug-likeness (QED) is 0.490. The second kappa shape index (κ2) is 9.32. The van der Waals surface area contributed by atoms with Gasteiger partial charge in [-0.15, -0.1) is 23.5 Å². The van der Waals surface area contributed by atoms with Crippen LogP contribution >= 0.6 is 23.5 Å². The van der Waals surface area contributed by atoms with Crippen LogP contribution in [0.2, 0.25) is 0 Å². The number of fused-ring (bicyclic) bond motifs is 4. The van der Waals surface area contributed by atoms with E-state index in [0.717, 1.165) is 0 Å². The van der Waals surface area contributed by atoms with Crippen LogP contribution in [0.25, 0.3) is 0 Å². The van der Waals surface area contributed by atoms with E-state index < -0.39 is 0 Å². The molecule has 8 rings (SSSR count). The molecule has 0 radical (unpaired) electrons. The van der Waals surface area contributed by atoms with E-state index in [0.29, 0.717) is 35.3 Å². The molecule has 0 spiro atoms. The fraction of sp³-hybridized carbons (Fsp3) is 0.452. The average Bonchev–Trinajstić information content (AvgIpc) is 3.52. The van der Waals surface area contributed by atoms with Gasteiger partial charge in [-0.1, -0.05) is 24.3 Å². The largest absolute Gasteiger partial charge is 0.321 e. The number of carbonyl (C=O) groups is 5. The number of imide groups is 2. The van der Waals surface area contributed by atoms with Crippen LogP contribution in [-0.2, 0) is 0 Å². The highest BCUT2D eigenvalue weighted by Crippen LogP contribution is 2.53. The molecule has 44 heavy (non-hydrogen) atoms. The van der Waals surface area contributed by atoms with Crippen molar-refractivity contribution in [1.29, 1.82) is 0 Å². The molecule has 6 aliphatic rings. The summed E-state index contributed by atoms with van der Waals surface area (Å²) in [5, 5.41) is 6.13. The molecule has 6 aliphatic heterocycles. The third kappa shape index (κ3) is 3.75. The summed E-state index contributed by atoms with van der Waals surface area (Å²) in [5.41, 5.74) is 1.77. The van der Waals surface area contributed by atoms with Crippen molar-refractivity contribution < 1.29 is 24.0 Å². The highest BCUT2D eigenvalue weighted by molar-refractivity contribution is 8.01. The highest BCUT2D eigenvalue weighted by atomic mass is 32.2. The van der Waals surface area contributed by atoms with Crippen molar-refractivity contribution in [3.05, 3.63) is 70.8 Å². The van der Waals surface area contributed by atoms with Crippen LogP contribution in [0.3, 0.4) is 0 Å². The zero-order valence-electron chi connectivity index (χ0n) is 24.6. The lowest BCUT2D eigenvalue weighted by molar-refractivity contribution is -0.00638. The minimum Gasteiger partial charge on any atom is -0.321 e. The van der Waals surface area contributed by atoms with Crippen LogP contribution in [0.1, 0.15) is 69.1 Å². The van der Waals surface area contributed by atoms with Gasteiger partial charge in [0.2, 0.25) is 0 Å². The topological polar surface area (TPSA) is 122 Å². The second-order valence-electron chi connectivity index (χ2n) is 13.2. The van der Waals surface area contributed by atoms with Gasteiger partial charge in [0.15, 0.2) is 0 Å². The van der Waals surface area contributed by atoms with Crippen molar-refractivity contribution in [2.45, 2.75) is 72.4 Å². The zero-order valence-corrected chi connectivity index (χ0v) is 26.3. The van der Waals surface area contributed by atoms with Crippen molar-refractivity contribution >= 4 is 53.2 Å². The van der Waals surface area contributed by atoms with E-state index in [4.69, 9.17) is 0 Å². The fourth-order valence-electron chi connectivity index (χ4n) is 7.57. The average molecular weight is 633 g/mol. The summed E-state index contributed by atoms with van der Waals surface area (Å²) in [6, 6.07) is 13.0. The summed E-state index contributed by atoms with van der Waals surface area (Å²) in [4.78, 5) is 73.1. The van der Waals surface area contributed by atoms with Crippen LogP contribution in [0.5, 0.6) is 0 Å². The number of hydrogen-bond acceptors (Lipinski definition) is 9. The van der Waals surface area contributed by atoms with Gasteiger partial charge in [0.25, 0.3) is 23.6 Å². The van der Waals surface area contributed by atoms with Crippen LogP contribution < -0.4 is 10.6 Å². The monoisotopic (exact) mass is 632 g/mol. The van der Waals surface area contributed by atoms with Crippen LogP contribution in [0, 0.1) is 0 Å². The lowest BCUT2D eigenvalue weighted by atomic mass is 10.0. The molecule has 0 saturated carbocycles. The van der Waals surface area contributed by atoms with E-state index in [1.54, 1.807) is 72.1 Å². The van der Waals surface area contributed by atoms with Gasteiger partial charge >= 0.3 is 6.03 Å². The van der Waals surface area contributed by atoms with Crippen LogP contribution in [0.15, 0.2) is 48.5 Å². The molecule has 0 aromatic heterocycles. The number of nitrogens with zero attached hydrogens (tertiary/aromatic N) is 4. The van der Waals surface area contributed by atoms with E-state index in [1.807, 2.05) is 0 Å². The first-order chi connectivity index (χ1) is 20.9. The molecule has 0 bridgehead atoms. The van der Waals surface area contributed by atoms with E-state index in [1.165, 1.54) is 9.80 Å². The molecule has 6 heterocycles. The summed E-state index contributed by atoms with van der Waals surface area (Å²) in [6.07, 6.45) is -0.612. The normalized spacial score (nSPS) is 33.0. The molecule has 0 unspecified atom stereocenters. The van der Waals surface area contributed by atoms with Crippen LogP contribution in [0.4, 0.5) is 4.79 Å². The number of thioether (sulfide) groups is 2. The molecule has 6 amide bonds. The molecule has 4 fully saturated rings. The van der Waals surface area contributed by atoms with Crippen molar-refractivity contribution in [2.75, 3.05) is 13.1 Å². The van der Waals surface area contributed by atoms with Crippen molar-refractivity contribution in [1.82, 2.24) is 30.2 Å². The first kappa shape index (κ1) is 28.1. The third-order valence-electron chi connectivity index (χ3n) is 9.79. The maximum absolute atomic E-state index is 13.5. The Morgan fingerprint density at radius 1 is 0.636 bits per heavy atom. The van der Waals surface area contributed by atoms with Gasteiger partial charge in [-0.05, 0) is 52.0 Å². The summed E-state index contributed by atoms with van der Waals surface area (Å²) >= 11 is 3.33. The van der Waals surface area contributed by atoms with Crippen molar-refractivity contribution in [2.24, 2.45) is 0 Å². The molecule has 2 aromatic rings. The predicted octanol–water partition coefficient (Wildman–Crippen LogP) is 2.60. The van der Waals surface area contributed by atoms with Gasteiger partial charge < -0.3 is 10.6 Å². The summed E-state index contributed by atoms with van der Waals surface area (Å²) < 4.78 is -0.740. The molecule has 228 valence electrons. The van der Waals surface area contributed by atoms with E-state index in [9.17, 15) is 24.0 Å². The first-order valence-corrected chi connectivity index (χ1v) is 16.5. The Bertz CT molecular complexity index is 1490. The SMILES string of the molecule is CC1(C)S[C@@H]2[C@H](N3C(=O)c4ccccc4C3=O)CN2[C@H]1NC(=O)N[C@@H]1N2C[C@@H](N3C(=O)c4ccccc4C3=O)[C@H]2SC1(C)C. The van der Waals surface area contributed by atoms with Crippen molar-refractivity contribution in [3.63, 3.8) is 0 Å². The Kier molecular flexibility index (Phi) is 5.95. The van der Waals surface area contributed by atoms with E-state index >= 15 is 0 Å². The van der Waals surface area contributed by atoms with Crippen LogP contribution in [-0.4, -0.2) is 107 Å². The maximum atomic E-state index is 13.5. The number of carbonyl (C=O) groups excluding carboxylic acids is 5.